The van der Waals surface area contributed by atoms with Gasteiger partial charge < -0.3 is 0 Å². The molecule has 0 atom stereocenters. The molecule has 6 heteroatoms. The van der Waals surface area contributed by atoms with Gasteiger partial charge in [0.05, 0.1) is 0 Å². The second-order valence-corrected chi connectivity index (χ2v) is 5.84. The van der Waals surface area contributed by atoms with E-state index < -0.39 is 23.7 Å². The maximum absolute atomic E-state index is 13.3. The molecule has 1 aromatic rings. The first-order valence-corrected chi connectivity index (χ1v) is 7.72. The van der Waals surface area contributed by atoms with E-state index in [9.17, 15) is 18.8 Å². The molecule has 5 nitrogen and oxygen atoms in total. The van der Waals surface area contributed by atoms with Crippen LogP contribution in [0.1, 0.15) is 37.7 Å². The summed E-state index contributed by atoms with van der Waals surface area (Å²) in [4.78, 5) is 37.8. The average molecular weight is 316 g/mol. The molecule has 1 aliphatic heterocycles. The number of carbonyl (C=O) groups is 3. The van der Waals surface area contributed by atoms with Crippen molar-refractivity contribution in [2.24, 2.45) is 0 Å². The van der Waals surface area contributed by atoms with Crippen LogP contribution in [0.25, 0.3) is 6.08 Å². The summed E-state index contributed by atoms with van der Waals surface area (Å²) in [5.41, 5.74) is 0.266. The van der Waals surface area contributed by atoms with Crippen LogP contribution in [0.2, 0.25) is 0 Å². The summed E-state index contributed by atoms with van der Waals surface area (Å²) in [6.07, 6.45) is 5.83. The van der Waals surface area contributed by atoms with Crippen LogP contribution in [-0.2, 0) is 9.59 Å². The summed E-state index contributed by atoms with van der Waals surface area (Å²) in [5, 5.41) is 2.21. The van der Waals surface area contributed by atoms with E-state index in [1.54, 1.807) is 6.07 Å². The molecule has 0 radical (unpaired) electrons. The van der Waals surface area contributed by atoms with E-state index in [1.807, 2.05) is 0 Å². The molecule has 2 aliphatic rings. The van der Waals surface area contributed by atoms with E-state index in [0.717, 1.165) is 37.0 Å². The average Bonchev–Trinajstić information content (AvgIpc) is 2.52. The van der Waals surface area contributed by atoms with Crippen LogP contribution in [0.4, 0.5) is 9.18 Å². The highest BCUT2D eigenvalue weighted by atomic mass is 19.1. The summed E-state index contributed by atoms with van der Waals surface area (Å²) in [7, 11) is 0. The zero-order chi connectivity index (χ0) is 16.4. The molecule has 1 N–H and O–H groups in total. The predicted molar refractivity (Wildman–Crippen MR) is 81.6 cm³/mol. The Bertz CT molecular complexity index is 693. The van der Waals surface area contributed by atoms with Crippen LogP contribution in [-0.4, -0.2) is 28.8 Å². The first kappa shape index (κ1) is 15.4. The lowest BCUT2D eigenvalue weighted by Gasteiger charge is -2.35. The molecule has 2 fully saturated rings. The molecule has 3 rings (SSSR count). The van der Waals surface area contributed by atoms with Crippen molar-refractivity contribution >= 4 is 23.9 Å². The molecule has 0 unspecified atom stereocenters. The number of hydrogen-bond donors (Lipinski definition) is 1. The zero-order valence-corrected chi connectivity index (χ0v) is 12.5. The lowest BCUT2D eigenvalue weighted by atomic mass is 9.93. The highest BCUT2D eigenvalue weighted by Crippen LogP contribution is 2.26. The van der Waals surface area contributed by atoms with Crippen LogP contribution in [0, 0.1) is 5.82 Å². The van der Waals surface area contributed by atoms with Crippen molar-refractivity contribution in [2.45, 2.75) is 38.1 Å². The Kier molecular flexibility index (Phi) is 4.23. The van der Waals surface area contributed by atoms with E-state index in [1.165, 1.54) is 24.3 Å². The maximum Gasteiger partial charge on any atom is 0.331 e. The highest BCUT2D eigenvalue weighted by Gasteiger charge is 2.40. The predicted octanol–water partition coefficient (Wildman–Crippen LogP) is 2.62. The molecule has 1 aliphatic carbocycles. The van der Waals surface area contributed by atoms with Gasteiger partial charge in [-0.25, -0.2) is 9.18 Å². The van der Waals surface area contributed by atoms with Gasteiger partial charge in [-0.3, -0.25) is 19.8 Å². The van der Waals surface area contributed by atoms with Crippen molar-refractivity contribution in [1.29, 1.82) is 0 Å². The van der Waals surface area contributed by atoms with E-state index >= 15 is 0 Å². The molecular weight excluding hydrogens is 299 g/mol. The van der Waals surface area contributed by atoms with Crippen LogP contribution in [0.15, 0.2) is 29.8 Å². The normalized spacial score (nSPS) is 21.7. The number of rotatable bonds is 2. The summed E-state index contributed by atoms with van der Waals surface area (Å²) < 4.78 is 13.3. The molecule has 0 spiro atoms. The summed E-state index contributed by atoms with van der Waals surface area (Å²) in [6.45, 7) is 0. The molecule has 23 heavy (non-hydrogen) atoms. The van der Waals surface area contributed by atoms with Gasteiger partial charge in [-0.15, -0.1) is 0 Å². The molecule has 1 saturated carbocycles. The van der Waals surface area contributed by atoms with Crippen molar-refractivity contribution < 1.29 is 18.8 Å². The SMILES string of the molecule is O=C1NC(=O)N(C2CCCCC2)C(=O)/C1=C/c1cccc(F)c1. The molecule has 1 heterocycles. The lowest BCUT2D eigenvalue weighted by molar-refractivity contribution is -0.132. The highest BCUT2D eigenvalue weighted by molar-refractivity contribution is 6.31. The van der Waals surface area contributed by atoms with E-state index in [4.69, 9.17) is 0 Å². The van der Waals surface area contributed by atoms with Gasteiger partial charge in [0.1, 0.15) is 11.4 Å². The second-order valence-electron chi connectivity index (χ2n) is 5.84. The molecule has 1 saturated heterocycles. The Hall–Kier alpha value is -2.50. The number of halogens is 1. The van der Waals surface area contributed by atoms with Crippen LogP contribution < -0.4 is 5.32 Å². The van der Waals surface area contributed by atoms with Gasteiger partial charge in [0.15, 0.2) is 0 Å². The Morgan fingerprint density at radius 2 is 1.87 bits per heavy atom. The number of barbiturate groups is 1. The first-order valence-electron chi connectivity index (χ1n) is 7.72. The number of nitrogens with one attached hydrogen (secondary N) is 1. The van der Waals surface area contributed by atoms with Crippen LogP contribution in [0.3, 0.4) is 0 Å². The van der Waals surface area contributed by atoms with Gasteiger partial charge >= 0.3 is 6.03 Å². The molecule has 0 bridgehead atoms. The van der Waals surface area contributed by atoms with Crippen LogP contribution in [0.5, 0.6) is 0 Å². The standard InChI is InChI=1S/C17H17FN2O3/c18-12-6-4-5-11(9-12)10-14-15(21)19-17(23)20(16(14)22)13-7-2-1-3-8-13/h4-6,9-10,13H,1-3,7-8H2,(H,19,21,23)/b14-10+. The fourth-order valence-electron chi connectivity index (χ4n) is 3.11. The summed E-state index contributed by atoms with van der Waals surface area (Å²) in [5.74, 6) is -1.80. The Balaban J connectivity index is 1.91. The van der Waals surface area contributed by atoms with Gasteiger partial charge in [-0.1, -0.05) is 31.4 Å². The maximum atomic E-state index is 13.3. The minimum atomic E-state index is -0.740. The Labute approximate surface area is 133 Å². The zero-order valence-electron chi connectivity index (χ0n) is 12.5. The second kappa shape index (κ2) is 6.32. The van der Waals surface area contributed by atoms with E-state index in [-0.39, 0.29) is 11.6 Å². The third-order valence-electron chi connectivity index (χ3n) is 4.23. The number of benzene rings is 1. The quantitative estimate of drug-likeness (QED) is 0.674. The molecule has 0 aromatic heterocycles. The van der Waals surface area contributed by atoms with E-state index in [2.05, 4.69) is 5.32 Å². The first-order chi connectivity index (χ1) is 11.1. The third-order valence-corrected chi connectivity index (χ3v) is 4.23. The Morgan fingerprint density at radius 3 is 2.57 bits per heavy atom. The van der Waals surface area contributed by atoms with Crippen molar-refractivity contribution in [1.82, 2.24) is 10.2 Å². The van der Waals surface area contributed by atoms with Crippen molar-refractivity contribution in [3.63, 3.8) is 0 Å². The van der Waals surface area contributed by atoms with Crippen molar-refractivity contribution in [3.8, 4) is 0 Å². The minimum Gasteiger partial charge on any atom is -0.273 e. The molecule has 1 aromatic carbocycles. The molecule has 120 valence electrons. The Morgan fingerprint density at radius 1 is 1.13 bits per heavy atom. The van der Waals surface area contributed by atoms with Crippen molar-refractivity contribution in [2.75, 3.05) is 0 Å². The van der Waals surface area contributed by atoms with Gasteiger partial charge in [-0.05, 0) is 36.6 Å². The monoisotopic (exact) mass is 316 g/mol. The largest absolute Gasteiger partial charge is 0.331 e. The fraction of sp³-hybridized carbons (Fsp3) is 0.353. The topological polar surface area (TPSA) is 66.5 Å². The number of hydrogen-bond acceptors (Lipinski definition) is 3. The van der Waals surface area contributed by atoms with Gasteiger partial charge in [-0.2, -0.15) is 0 Å². The summed E-state index contributed by atoms with van der Waals surface area (Å²) >= 11 is 0. The fourth-order valence-corrected chi connectivity index (χ4v) is 3.11. The molecule has 4 amide bonds. The van der Waals surface area contributed by atoms with E-state index in [0.29, 0.717) is 5.56 Å². The van der Waals surface area contributed by atoms with Crippen LogP contribution >= 0.6 is 0 Å². The summed E-state index contributed by atoms with van der Waals surface area (Å²) in [6, 6.07) is 4.76. The minimum absolute atomic E-state index is 0.138. The van der Waals surface area contributed by atoms with Gasteiger partial charge in [0.2, 0.25) is 0 Å². The third kappa shape index (κ3) is 3.16. The number of urea groups is 1. The number of carbonyl (C=O) groups excluding carboxylic acids is 3. The number of nitrogens with zero attached hydrogens (tertiary/aromatic N) is 1. The van der Waals surface area contributed by atoms with Gasteiger partial charge in [0.25, 0.3) is 11.8 Å². The van der Waals surface area contributed by atoms with Gasteiger partial charge in [0, 0.05) is 6.04 Å². The lowest BCUT2D eigenvalue weighted by Crippen LogP contribution is -2.58. The smallest absolute Gasteiger partial charge is 0.273 e. The van der Waals surface area contributed by atoms with Crippen molar-refractivity contribution in [3.05, 3.63) is 41.2 Å². The number of imide groups is 2. The molecular formula is C17H17FN2O3. The number of amides is 4.